The zero-order valence-electron chi connectivity index (χ0n) is 13.0. The lowest BCUT2D eigenvalue weighted by atomic mass is 9.99. The van der Waals surface area contributed by atoms with E-state index in [2.05, 4.69) is 9.60 Å². The molecule has 3 atom stereocenters. The Kier molecular flexibility index (Phi) is 4.66. The van der Waals surface area contributed by atoms with E-state index in [0.717, 1.165) is 19.4 Å². The highest BCUT2D eigenvalue weighted by atomic mass is 32.3. The number of fused-ring (bicyclic) bond motifs is 2. The Labute approximate surface area is 139 Å². The highest BCUT2D eigenvalue weighted by Crippen LogP contribution is 2.31. The standard InChI is InChI=1S/C12H21N5O6S/c13-16(8-2-1-5-14-6-8)11(18)10-4-3-9-7-15(10)12(19)17(9)23-24(20,21)22/h8-10,14H,1-7,13H2,(H,20,21,22)/t8?,9-,10+/m1/s1. The van der Waals surface area contributed by atoms with Gasteiger partial charge in [0.15, 0.2) is 0 Å². The van der Waals surface area contributed by atoms with Crippen LogP contribution in [0.2, 0.25) is 0 Å². The molecule has 0 aromatic heterocycles. The molecule has 3 heterocycles. The number of piperidine rings is 2. The van der Waals surface area contributed by atoms with Crippen LogP contribution in [0.3, 0.4) is 0 Å². The largest absolute Gasteiger partial charge is 0.418 e. The molecule has 136 valence electrons. The molecule has 0 spiro atoms. The number of hydroxylamine groups is 2. The number of hydrogen-bond donors (Lipinski definition) is 3. The number of carbonyl (C=O) groups is 2. The normalized spacial score (nSPS) is 30.6. The molecule has 0 saturated carbocycles. The molecule has 3 rings (SSSR count). The van der Waals surface area contributed by atoms with E-state index in [1.165, 1.54) is 9.91 Å². The average molecular weight is 363 g/mol. The summed E-state index contributed by atoms with van der Waals surface area (Å²) in [6.45, 7) is 1.64. The van der Waals surface area contributed by atoms with E-state index >= 15 is 0 Å². The van der Waals surface area contributed by atoms with Crippen LogP contribution in [0.15, 0.2) is 0 Å². The van der Waals surface area contributed by atoms with E-state index in [-0.39, 0.29) is 18.5 Å². The van der Waals surface area contributed by atoms with Crippen LogP contribution in [0.4, 0.5) is 4.79 Å². The zero-order chi connectivity index (χ0) is 17.5. The lowest BCUT2D eigenvalue weighted by Gasteiger charge is -2.36. The van der Waals surface area contributed by atoms with Gasteiger partial charge in [-0.25, -0.2) is 10.6 Å². The SMILES string of the molecule is NN(C(=O)[C@@H]1CC[C@@H]2CN1C(=O)N2OS(=O)(=O)O)C1CCCNC1. The Balaban J connectivity index is 1.70. The molecule has 24 heavy (non-hydrogen) atoms. The number of carbonyl (C=O) groups excluding carboxylic acids is 2. The fraction of sp³-hybridized carbons (Fsp3) is 0.833. The fourth-order valence-electron chi connectivity index (χ4n) is 3.51. The van der Waals surface area contributed by atoms with Crippen LogP contribution in [0.1, 0.15) is 25.7 Å². The van der Waals surface area contributed by atoms with Gasteiger partial charge in [-0.3, -0.25) is 14.4 Å². The Bertz CT molecular complexity index is 621. The van der Waals surface area contributed by atoms with Crippen LogP contribution in [0.5, 0.6) is 0 Å². The average Bonchev–Trinajstić information content (AvgIpc) is 2.78. The third-order valence-corrected chi connectivity index (χ3v) is 5.05. The van der Waals surface area contributed by atoms with E-state index in [9.17, 15) is 18.0 Å². The second kappa shape index (κ2) is 6.44. The Morgan fingerprint density at radius 3 is 2.75 bits per heavy atom. The van der Waals surface area contributed by atoms with Crippen LogP contribution in [0.25, 0.3) is 0 Å². The summed E-state index contributed by atoms with van der Waals surface area (Å²) in [5, 5.41) is 4.97. The van der Waals surface area contributed by atoms with Gasteiger partial charge in [0.2, 0.25) is 0 Å². The smallest absolute Gasteiger partial charge is 0.315 e. The van der Waals surface area contributed by atoms with Crippen molar-refractivity contribution in [3.8, 4) is 0 Å². The molecule has 4 N–H and O–H groups in total. The van der Waals surface area contributed by atoms with Gasteiger partial charge in [0, 0.05) is 13.1 Å². The highest BCUT2D eigenvalue weighted by molar-refractivity contribution is 7.80. The third kappa shape index (κ3) is 3.32. The summed E-state index contributed by atoms with van der Waals surface area (Å²) < 4.78 is 34.9. The van der Waals surface area contributed by atoms with Gasteiger partial charge in [-0.2, -0.15) is 13.5 Å². The van der Waals surface area contributed by atoms with Crippen LogP contribution >= 0.6 is 0 Å². The van der Waals surface area contributed by atoms with Crippen molar-refractivity contribution in [1.29, 1.82) is 0 Å². The summed E-state index contributed by atoms with van der Waals surface area (Å²) in [6, 6.07) is -2.17. The molecular formula is C12H21N5O6S. The number of nitrogens with zero attached hydrogens (tertiary/aromatic N) is 3. The number of nitrogens with one attached hydrogen (secondary N) is 1. The minimum atomic E-state index is -4.80. The molecule has 3 fully saturated rings. The quantitative estimate of drug-likeness (QED) is 0.235. The van der Waals surface area contributed by atoms with Crippen LogP contribution < -0.4 is 11.2 Å². The van der Waals surface area contributed by atoms with Gasteiger partial charge in [0.05, 0.1) is 12.1 Å². The minimum absolute atomic E-state index is 0.133. The molecular weight excluding hydrogens is 342 g/mol. The van der Waals surface area contributed by atoms with Crippen LogP contribution in [-0.2, 0) is 19.5 Å². The molecule has 3 aliphatic heterocycles. The first-order chi connectivity index (χ1) is 11.3. The fourth-order valence-corrected chi connectivity index (χ4v) is 3.90. The summed E-state index contributed by atoms with van der Waals surface area (Å²) in [5.74, 6) is 5.59. The van der Waals surface area contributed by atoms with E-state index in [0.29, 0.717) is 24.4 Å². The van der Waals surface area contributed by atoms with Crippen molar-refractivity contribution in [2.24, 2.45) is 5.84 Å². The predicted molar refractivity (Wildman–Crippen MR) is 80.3 cm³/mol. The molecule has 2 bridgehead atoms. The molecule has 0 radical (unpaired) electrons. The molecule has 12 heteroatoms. The third-order valence-electron chi connectivity index (χ3n) is 4.70. The maximum absolute atomic E-state index is 12.7. The highest BCUT2D eigenvalue weighted by Gasteiger charge is 2.50. The van der Waals surface area contributed by atoms with Gasteiger partial charge in [-0.15, -0.1) is 4.28 Å². The van der Waals surface area contributed by atoms with Crippen molar-refractivity contribution >= 4 is 22.3 Å². The number of nitrogens with two attached hydrogens (primary N) is 1. The van der Waals surface area contributed by atoms with Crippen LogP contribution in [-0.4, -0.2) is 77.6 Å². The van der Waals surface area contributed by atoms with Crippen molar-refractivity contribution in [2.75, 3.05) is 19.6 Å². The molecule has 3 aliphatic rings. The van der Waals surface area contributed by atoms with Crippen molar-refractivity contribution in [1.82, 2.24) is 20.3 Å². The lowest BCUT2D eigenvalue weighted by Crippen LogP contribution is -2.59. The van der Waals surface area contributed by atoms with Crippen molar-refractivity contribution in [3.63, 3.8) is 0 Å². The van der Waals surface area contributed by atoms with Crippen LogP contribution in [0, 0.1) is 0 Å². The van der Waals surface area contributed by atoms with Gasteiger partial charge in [0.1, 0.15) is 6.04 Å². The van der Waals surface area contributed by atoms with E-state index in [1.54, 1.807) is 0 Å². The number of rotatable bonds is 4. The van der Waals surface area contributed by atoms with Gasteiger partial charge >= 0.3 is 16.4 Å². The van der Waals surface area contributed by atoms with Crippen molar-refractivity contribution in [2.45, 2.75) is 43.8 Å². The van der Waals surface area contributed by atoms with E-state index in [4.69, 9.17) is 10.4 Å². The Morgan fingerprint density at radius 2 is 2.12 bits per heavy atom. The van der Waals surface area contributed by atoms with Gasteiger partial charge in [-0.1, -0.05) is 0 Å². The molecule has 0 aromatic carbocycles. The molecule has 0 aliphatic carbocycles. The topological polar surface area (TPSA) is 146 Å². The van der Waals surface area contributed by atoms with Gasteiger partial charge in [0.25, 0.3) is 5.91 Å². The van der Waals surface area contributed by atoms with E-state index in [1.807, 2.05) is 0 Å². The number of hydrogen-bond acceptors (Lipinski definition) is 7. The van der Waals surface area contributed by atoms with Gasteiger partial charge < -0.3 is 10.2 Å². The second-order valence-electron chi connectivity index (χ2n) is 6.26. The Hall–Kier alpha value is -1.47. The summed E-state index contributed by atoms with van der Waals surface area (Å²) in [7, 11) is -4.80. The second-order valence-corrected chi connectivity index (χ2v) is 7.26. The molecule has 0 aromatic rings. The summed E-state index contributed by atoms with van der Waals surface area (Å²) in [4.78, 5) is 26.2. The predicted octanol–water partition coefficient (Wildman–Crippen LogP) is -1.56. The summed E-state index contributed by atoms with van der Waals surface area (Å²) >= 11 is 0. The maximum Gasteiger partial charge on any atom is 0.418 e. The molecule has 1 unspecified atom stereocenters. The zero-order valence-corrected chi connectivity index (χ0v) is 13.8. The summed E-state index contributed by atoms with van der Waals surface area (Å²) in [5.41, 5.74) is 0. The monoisotopic (exact) mass is 363 g/mol. The Morgan fingerprint density at radius 1 is 1.38 bits per heavy atom. The first-order valence-corrected chi connectivity index (χ1v) is 9.20. The number of urea groups is 1. The first kappa shape index (κ1) is 17.4. The van der Waals surface area contributed by atoms with Gasteiger partial charge in [-0.05, 0) is 32.2 Å². The molecule has 11 nitrogen and oxygen atoms in total. The first-order valence-electron chi connectivity index (χ1n) is 7.83. The minimum Gasteiger partial charge on any atom is -0.315 e. The summed E-state index contributed by atoms with van der Waals surface area (Å²) in [6.07, 6.45) is 2.44. The van der Waals surface area contributed by atoms with Crippen molar-refractivity contribution in [3.05, 3.63) is 0 Å². The van der Waals surface area contributed by atoms with E-state index < -0.39 is 28.5 Å². The number of hydrazine groups is 1. The lowest BCUT2D eigenvalue weighted by molar-refractivity contribution is -0.139. The molecule has 3 amide bonds. The van der Waals surface area contributed by atoms with Crippen molar-refractivity contribution < 1.29 is 26.8 Å². The number of amides is 3. The molecule has 3 saturated heterocycles. The maximum atomic E-state index is 12.7.